The number of pyridine rings is 2. The molecule has 3 aromatic heterocycles. The molecule has 11 heteroatoms. The van der Waals surface area contributed by atoms with Gasteiger partial charge in [0, 0.05) is 13.2 Å². The SMILES string of the molecule is CCS(=O)(=O)c1ccc(Cl)nc1-c1nc2cc(C(F)(F)F)cnc2n1C. The Labute approximate surface area is 151 Å². The van der Waals surface area contributed by atoms with E-state index in [1.807, 2.05) is 0 Å². The van der Waals surface area contributed by atoms with Crippen LogP contribution in [0.25, 0.3) is 22.7 Å². The number of alkyl halides is 3. The Morgan fingerprint density at radius 2 is 1.92 bits per heavy atom. The molecule has 3 rings (SSSR count). The molecule has 0 fully saturated rings. The zero-order valence-electron chi connectivity index (χ0n) is 13.5. The fourth-order valence-electron chi connectivity index (χ4n) is 2.43. The minimum atomic E-state index is -4.57. The van der Waals surface area contributed by atoms with Crippen LogP contribution in [0.5, 0.6) is 0 Å². The predicted octanol–water partition coefficient (Wildman–Crippen LogP) is 3.50. The number of aromatic nitrogens is 4. The Morgan fingerprint density at radius 3 is 2.54 bits per heavy atom. The predicted molar refractivity (Wildman–Crippen MR) is 89.5 cm³/mol. The summed E-state index contributed by atoms with van der Waals surface area (Å²) in [6.07, 6.45) is -3.87. The molecule has 3 heterocycles. The second-order valence-electron chi connectivity index (χ2n) is 5.44. The molecular formula is C15H12ClF3N4O2S. The highest BCUT2D eigenvalue weighted by Crippen LogP contribution is 2.33. The maximum absolute atomic E-state index is 12.9. The Morgan fingerprint density at radius 1 is 1.23 bits per heavy atom. The van der Waals surface area contributed by atoms with Gasteiger partial charge in [-0.05, 0) is 18.2 Å². The maximum atomic E-state index is 12.9. The van der Waals surface area contributed by atoms with Gasteiger partial charge in [-0.2, -0.15) is 13.2 Å². The van der Waals surface area contributed by atoms with Gasteiger partial charge in [-0.25, -0.2) is 23.4 Å². The van der Waals surface area contributed by atoms with Gasteiger partial charge in [-0.15, -0.1) is 0 Å². The largest absolute Gasteiger partial charge is 0.417 e. The van der Waals surface area contributed by atoms with Crippen molar-refractivity contribution in [2.24, 2.45) is 7.05 Å². The highest BCUT2D eigenvalue weighted by atomic mass is 35.5. The second-order valence-corrected chi connectivity index (χ2v) is 8.08. The van der Waals surface area contributed by atoms with Crippen molar-refractivity contribution in [3.63, 3.8) is 0 Å². The van der Waals surface area contributed by atoms with Crippen molar-refractivity contribution >= 4 is 32.6 Å². The first kappa shape index (κ1) is 18.6. The van der Waals surface area contributed by atoms with E-state index in [2.05, 4.69) is 15.0 Å². The van der Waals surface area contributed by atoms with Crippen LogP contribution in [0.2, 0.25) is 5.15 Å². The van der Waals surface area contributed by atoms with Gasteiger partial charge >= 0.3 is 6.18 Å². The summed E-state index contributed by atoms with van der Waals surface area (Å²) in [4.78, 5) is 11.9. The van der Waals surface area contributed by atoms with E-state index in [1.54, 1.807) is 0 Å². The quantitative estimate of drug-likeness (QED) is 0.624. The molecular weight excluding hydrogens is 393 g/mol. The summed E-state index contributed by atoms with van der Waals surface area (Å²) >= 11 is 5.89. The van der Waals surface area contributed by atoms with Crippen LogP contribution in [0.3, 0.4) is 0 Å². The average molecular weight is 405 g/mol. The van der Waals surface area contributed by atoms with Gasteiger partial charge in [-0.3, -0.25) is 0 Å². The summed E-state index contributed by atoms with van der Waals surface area (Å²) in [5.41, 5.74) is -0.850. The molecule has 0 radical (unpaired) electrons. The number of halogens is 4. The van der Waals surface area contributed by atoms with E-state index in [0.717, 1.165) is 6.07 Å². The lowest BCUT2D eigenvalue weighted by atomic mass is 10.2. The van der Waals surface area contributed by atoms with Gasteiger partial charge in [0.15, 0.2) is 21.3 Å². The molecule has 0 N–H and O–H groups in total. The summed E-state index contributed by atoms with van der Waals surface area (Å²) in [6, 6.07) is 3.48. The lowest BCUT2D eigenvalue weighted by Crippen LogP contribution is -2.08. The molecule has 0 unspecified atom stereocenters. The molecule has 0 bridgehead atoms. The van der Waals surface area contributed by atoms with Crippen molar-refractivity contribution in [1.29, 1.82) is 0 Å². The lowest BCUT2D eigenvalue weighted by Gasteiger charge is -2.09. The first-order valence-electron chi connectivity index (χ1n) is 7.34. The van der Waals surface area contributed by atoms with Crippen molar-refractivity contribution in [2.75, 3.05) is 5.75 Å². The van der Waals surface area contributed by atoms with Gasteiger partial charge < -0.3 is 4.57 Å². The maximum Gasteiger partial charge on any atom is 0.417 e. The number of sulfone groups is 1. The second kappa shape index (κ2) is 6.20. The van der Waals surface area contributed by atoms with Crippen LogP contribution in [0, 0.1) is 0 Å². The first-order chi connectivity index (χ1) is 12.0. The summed E-state index contributed by atoms with van der Waals surface area (Å²) < 4.78 is 64.7. The number of fused-ring (bicyclic) bond motifs is 1. The molecule has 26 heavy (non-hydrogen) atoms. The lowest BCUT2D eigenvalue weighted by molar-refractivity contribution is -0.137. The smallest absolute Gasteiger partial charge is 0.310 e. The third kappa shape index (κ3) is 3.14. The van der Waals surface area contributed by atoms with Crippen molar-refractivity contribution in [1.82, 2.24) is 19.5 Å². The highest BCUT2D eigenvalue weighted by Gasteiger charge is 2.32. The van der Waals surface area contributed by atoms with Crippen LogP contribution in [0.4, 0.5) is 13.2 Å². The Balaban J connectivity index is 2.30. The number of rotatable bonds is 3. The number of imidazole rings is 1. The van der Waals surface area contributed by atoms with Gasteiger partial charge in [0.1, 0.15) is 16.4 Å². The highest BCUT2D eigenvalue weighted by molar-refractivity contribution is 7.91. The minimum absolute atomic E-state index is 0.0288. The molecule has 0 spiro atoms. The monoisotopic (exact) mass is 404 g/mol. The van der Waals surface area contributed by atoms with Crippen LogP contribution in [-0.2, 0) is 23.1 Å². The van der Waals surface area contributed by atoms with Gasteiger partial charge in [0.25, 0.3) is 0 Å². The summed E-state index contributed by atoms with van der Waals surface area (Å²) in [6.45, 7) is 1.47. The van der Waals surface area contributed by atoms with Gasteiger partial charge in [-0.1, -0.05) is 18.5 Å². The van der Waals surface area contributed by atoms with Crippen LogP contribution in [0.15, 0.2) is 29.3 Å². The standard InChI is InChI=1S/C15H12ClF3N4O2S/c1-3-26(24,25)10-4-5-11(16)22-12(10)14-21-9-6-8(15(17,18)19)7-20-13(9)23(14)2/h4-7H,3H2,1-2H3. The van der Waals surface area contributed by atoms with E-state index in [4.69, 9.17) is 11.6 Å². The minimum Gasteiger partial charge on any atom is -0.310 e. The van der Waals surface area contributed by atoms with Crippen molar-refractivity contribution in [3.8, 4) is 11.5 Å². The molecule has 0 saturated carbocycles. The fraction of sp³-hybridized carbons (Fsp3) is 0.267. The summed E-state index contributed by atoms with van der Waals surface area (Å²) in [5.74, 6) is -0.120. The van der Waals surface area contributed by atoms with E-state index in [9.17, 15) is 21.6 Å². The van der Waals surface area contributed by atoms with Gasteiger partial charge in [0.05, 0.1) is 16.2 Å². The van der Waals surface area contributed by atoms with Crippen LogP contribution in [0.1, 0.15) is 12.5 Å². The van der Waals surface area contributed by atoms with Crippen molar-refractivity contribution in [2.45, 2.75) is 18.0 Å². The number of nitrogens with zero attached hydrogens (tertiary/aromatic N) is 4. The fourth-order valence-corrected chi connectivity index (χ4v) is 3.60. The summed E-state index contributed by atoms with van der Waals surface area (Å²) in [7, 11) is -2.14. The molecule has 0 aliphatic carbocycles. The van der Waals surface area contributed by atoms with E-state index in [-0.39, 0.29) is 38.5 Å². The number of hydrogen-bond acceptors (Lipinski definition) is 5. The van der Waals surface area contributed by atoms with Crippen molar-refractivity contribution in [3.05, 3.63) is 35.1 Å². The molecule has 0 aliphatic rings. The molecule has 0 saturated heterocycles. The van der Waals surface area contributed by atoms with Crippen LogP contribution in [-0.4, -0.2) is 33.7 Å². The molecule has 3 aromatic rings. The average Bonchev–Trinajstić information content (AvgIpc) is 2.90. The van der Waals surface area contributed by atoms with Gasteiger partial charge in [0.2, 0.25) is 0 Å². The zero-order valence-corrected chi connectivity index (χ0v) is 15.1. The molecule has 0 aliphatic heterocycles. The van der Waals surface area contributed by atoms with Crippen LogP contribution >= 0.6 is 11.6 Å². The third-order valence-corrected chi connectivity index (χ3v) is 5.76. The summed E-state index contributed by atoms with van der Waals surface area (Å²) in [5, 5.41) is 0.0334. The third-order valence-electron chi connectivity index (χ3n) is 3.79. The van der Waals surface area contributed by atoms with E-state index >= 15 is 0 Å². The molecule has 0 amide bonds. The zero-order chi connectivity index (χ0) is 19.3. The Bertz CT molecular complexity index is 1110. The van der Waals surface area contributed by atoms with E-state index < -0.39 is 21.6 Å². The molecule has 0 atom stereocenters. The van der Waals surface area contributed by atoms with Crippen molar-refractivity contribution < 1.29 is 21.6 Å². The number of hydrogen-bond donors (Lipinski definition) is 0. The Kier molecular flexibility index (Phi) is 4.43. The molecule has 138 valence electrons. The molecule has 0 aromatic carbocycles. The number of aryl methyl sites for hydroxylation is 1. The topological polar surface area (TPSA) is 77.7 Å². The van der Waals surface area contributed by atoms with Crippen LogP contribution < -0.4 is 0 Å². The van der Waals surface area contributed by atoms with E-state index in [1.165, 1.54) is 30.7 Å². The first-order valence-corrected chi connectivity index (χ1v) is 9.37. The normalized spacial score (nSPS) is 12.7. The molecule has 6 nitrogen and oxygen atoms in total. The Hall–Kier alpha value is -2.20. The van der Waals surface area contributed by atoms with E-state index in [0.29, 0.717) is 6.20 Å².